The Morgan fingerprint density at radius 3 is 2.33 bits per heavy atom. The average Bonchev–Trinajstić information content (AvgIpc) is 1.35. The third kappa shape index (κ3) is 4.38. The molecule has 2 heteroatoms. The molecule has 0 radical (unpaired) electrons. The standard InChI is InChI=1S/C4H7ClS/c1-2-3-4(5)6/h2-4,6H,1H3/b3-2+. The van der Waals surface area contributed by atoms with Crippen LogP contribution in [0.3, 0.4) is 0 Å². The topological polar surface area (TPSA) is 0 Å². The highest BCUT2D eigenvalue weighted by Crippen LogP contribution is 2.00. The number of hydrogen-bond acceptors (Lipinski definition) is 1. The molecule has 0 saturated heterocycles. The number of alkyl halides is 1. The second-order valence-corrected chi connectivity index (χ2v) is 2.23. The van der Waals surface area contributed by atoms with E-state index in [1.54, 1.807) is 6.08 Å². The van der Waals surface area contributed by atoms with Gasteiger partial charge in [0.05, 0.1) is 4.71 Å². The summed E-state index contributed by atoms with van der Waals surface area (Å²) in [5.41, 5.74) is 0. The zero-order valence-corrected chi connectivity index (χ0v) is 5.21. The third-order valence-electron chi connectivity index (χ3n) is 0.351. The number of allylic oxidation sites excluding steroid dienone is 1. The van der Waals surface area contributed by atoms with Crippen LogP contribution in [-0.2, 0) is 0 Å². The molecular formula is C4H7ClS. The van der Waals surface area contributed by atoms with Gasteiger partial charge in [-0.2, -0.15) is 12.6 Å². The molecule has 0 nitrogen and oxygen atoms in total. The summed E-state index contributed by atoms with van der Waals surface area (Å²) in [4.78, 5) is 0. The summed E-state index contributed by atoms with van der Waals surface area (Å²) in [6.45, 7) is 1.91. The lowest BCUT2D eigenvalue weighted by atomic mass is 10.6. The van der Waals surface area contributed by atoms with Crippen molar-refractivity contribution < 1.29 is 0 Å². The Bertz CT molecular complexity index is 49.5. The van der Waals surface area contributed by atoms with Gasteiger partial charge in [0.15, 0.2) is 0 Å². The first kappa shape index (κ1) is 6.38. The number of rotatable bonds is 1. The summed E-state index contributed by atoms with van der Waals surface area (Å²) < 4.78 is -0.116. The Kier molecular flexibility index (Phi) is 3.79. The van der Waals surface area contributed by atoms with E-state index in [4.69, 9.17) is 11.6 Å². The first-order valence-electron chi connectivity index (χ1n) is 1.72. The van der Waals surface area contributed by atoms with Gasteiger partial charge < -0.3 is 0 Å². The zero-order valence-electron chi connectivity index (χ0n) is 3.56. The maximum Gasteiger partial charge on any atom is 0.0941 e. The van der Waals surface area contributed by atoms with Crippen molar-refractivity contribution in [3.05, 3.63) is 12.2 Å². The van der Waals surface area contributed by atoms with Crippen molar-refractivity contribution in [3.63, 3.8) is 0 Å². The molecule has 0 aliphatic rings. The van der Waals surface area contributed by atoms with Gasteiger partial charge in [-0.25, -0.2) is 0 Å². The lowest BCUT2D eigenvalue weighted by Crippen LogP contribution is -1.71. The fraction of sp³-hybridized carbons (Fsp3) is 0.500. The largest absolute Gasteiger partial charge is 0.156 e. The van der Waals surface area contributed by atoms with Gasteiger partial charge in [0.1, 0.15) is 0 Å². The molecule has 0 saturated carbocycles. The normalized spacial score (nSPS) is 15.8. The molecule has 0 rings (SSSR count). The number of thiol groups is 1. The van der Waals surface area contributed by atoms with Gasteiger partial charge in [0.2, 0.25) is 0 Å². The first-order valence-corrected chi connectivity index (χ1v) is 2.67. The van der Waals surface area contributed by atoms with Crippen molar-refractivity contribution >= 4 is 24.2 Å². The van der Waals surface area contributed by atoms with E-state index in [9.17, 15) is 0 Å². The molecule has 0 aromatic rings. The zero-order chi connectivity index (χ0) is 4.99. The summed E-state index contributed by atoms with van der Waals surface area (Å²) in [5.74, 6) is 0. The van der Waals surface area contributed by atoms with E-state index >= 15 is 0 Å². The van der Waals surface area contributed by atoms with Crippen LogP contribution >= 0.6 is 24.2 Å². The van der Waals surface area contributed by atoms with Gasteiger partial charge in [-0.15, -0.1) is 11.6 Å². The average molecular weight is 123 g/mol. The van der Waals surface area contributed by atoms with Crippen LogP contribution in [0.5, 0.6) is 0 Å². The van der Waals surface area contributed by atoms with Crippen molar-refractivity contribution in [1.82, 2.24) is 0 Å². The summed E-state index contributed by atoms with van der Waals surface area (Å²) >= 11 is 9.21. The first-order chi connectivity index (χ1) is 2.77. The van der Waals surface area contributed by atoms with Gasteiger partial charge >= 0.3 is 0 Å². The molecule has 0 amide bonds. The van der Waals surface area contributed by atoms with E-state index in [2.05, 4.69) is 12.6 Å². The lowest BCUT2D eigenvalue weighted by Gasteiger charge is -1.83. The van der Waals surface area contributed by atoms with Crippen LogP contribution in [-0.4, -0.2) is 4.71 Å². The Morgan fingerprint density at radius 1 is 1.83 bits per heavy atom. The smallest absolute Gasteiger partial charge is 0.0941 e. The van der Waals surface area contributed by atoms with Gasteiger partial charge in [-0.3, -0.25) is 0 Å². The molecule has 1 atom stereocenters. The van der Waals surface area contributed by atoms with Crippen molar-refractivity contribution in [1.29, 1.82) is 0 Å². The van der Waals surface area contributed by atoms with Crippen molar-refractivity contribution in [3.8, 4) is 0 Å². The van der Waals surface area contributed by atoms with Crippen molar-refractivity contribution in [2.45, 2.75) is 11.6 Å². The van der Waals surface area contributed by atoms with E-state index in [-0.39, 0.29) is 4.71 Å². The maximum absolute atomic E-state index is 5.36. The summed E-state index contributed by atoms with van der Waals surface area (Å²) in [5, 5.41) is 0. The van der Waals surface area contributed by atoms with Crippen LogP contribution < -0.4 is 0 Å². The Balaban J connectivity index is 3.03. The van der Waals surface area contributed by atoms with E-state index in [0.717, 1.165) is 0 Å². The van der Waals surface area contributed by atoms with Gasteiger partial charge in [-0.05, 0) is 6.92 Å². The minimum atomic E-state index is -0.116. The van der Waals surface area contributed by atoms with Crippen molar-refractivity contribution in [2.24, 2.45) is 0 Å². The molecule has 0 aliphatic heterocycles. The molecule has 0 aromatic heterocycles. The van der Waals surface area contributed by atoms with Crippen LogP contribution in [0.15, 0.2) is 12.2 Å². The van der Waals surface area contributed by atoms with Crippen LogP contribution in [0.25, 0.3) is 0 Å². The molecule has 36 valence electrons. The van der Waals surface area contributed by atoms with E-state index < -0.39 is 0 Å². The predicted octanol–water partition coefficient (Wildman–Crippen LogP) is 2.06. The second-order valence-electron chi connectivity index (χ2n) is 0.898. The molecular weight excluding hydrogens is 116 g/mol. The quantitative estimate of drug-likeness (QED) is 0.307. The predicted molar refractivity (Wildman–Crippen MR) is 33.4 cm³/mol. The maximum atomic E-state index is 5.36. The number of halogens is 1. The van der Waals surface area contributed by atoms with E-state index in [1.807, 2.05) is 13.0 Å². The lowest BCUT2D eigenvalue weighted by molar-refractivity contribution is 1.58. The molecule has 0 fully saturated rings. The number of hydrogen-bond donors (Lipinski definition) is 1. The highest BCUT2D eigenvalue weighted by atomic mass is 35.5. The molecule has 0 N–H and O–H groups in total. The Hall–Kier alpha value is 0.380. The third-order valence-corrected chi connectivity index (χ3v) is 0.669. The molecule has 1 unspecified atom stereocenters. The van der Waals surface area contributed by atoms with E-state index in [0.29, 0.717) is 0 Å². The minimum absolute atomic E-state index is 0.116. The van der Waals surface area contributed by atoms with Crippen LogP contribution in [0.1, 0.15) is 6.92 Å². The van der Waals surface area contributed by atoms with Crippen LogP contribution in [0.2, 0.25) is 0 Å². The summed E-state index contributed by atoms with van der Waals surface area (Å²) in [6.07, 6.45) is 3.66. The fourth-order valence-corrected chi connectivity index (χ4v) is 0.476. The van der Waals surface area contributed by atoms with E-state index in [1.165, 1.54) is 0 Å². The second kappa shape index (κ2) is 3.57. The fourth-order valence-electron chi connectivity index (χ4n) is 0.159. The van der Waals surface area contributed by atoms with Gasteiger partial charge in [0.25, 0.3) is 0 Å². The monoisotopic (exact) mass is 122 g/mol. The molecule has 6 heavy (non-hydrogen) atoms. The molecule has 0 spiro atoms. The highest BCUT2D eigenvalue weighted by molar-refractivity contribution is 7.82. The minimum Gasteiger partial charge on any atom is -0.156 e. The van der Waals surface area contributed by atoms with Crippen LogP contribution in [0, 0.1) is 0 Å². The Labute approximate surface area is 48.6 Å². The van der Waals surface area contributed by atoms with Gasteiger partial charge in [-0.1, -0.05) is 12.2 Å². The van der Waals surface area contributed by atoms with Gasteiger partial charge in [0, 0.05) is 0 Å². The molecule has 0 heterocycles. The summed E-state index contributed by atoms with van der Waals surface area (Å²) in [6, 6.07) is 0. The highest BCUT2D eigenvalue weighted by Gasteiger charge is 1.80. The molecule has 0 bridgehead atoms. The summed E-state index contributed by atoms with van der Waals surface area (Å²) in [7, 11) is 0. The molecule has 0 aliphatic carbocycles. The SMILES string of the molecule is C/C=C/C(S)Cl. The van der Waals surface area contributed by atoms with Crippen molar-refractivity contribution in [2.75, 3.05) is 0 Å². The van der Waals surface area contributed by atoms with Crippen LogP contribution in [0.4, 0.5) is 0 Å². The molecule has 0 aromatic carbocycles. The Morgan fingerprint density at radius 2 is 2.33 bits per heavy atom.